The van der Waals surface area contributed by atoms with Crippen LogP contribution in [-0.4, -0.2) is 39.8 Å². The number of H-pyrrole nitrogens is 1. The maximum Gasteiger partial charge on any atom is 0.259 e. The molecule has 0 saturated carbocycles. The number of aromatic amines is 1. The van der Waals surface area contributed by atoms with E-state index >= 15 is 0 Å². The molecule has 7 nitrogen and oxygen atoms in total. The summed E-state index contributed by atoms with van der Waals surface area (Å²) in [6.45, 7) is 1.27. The highest BCUT2D eigenvalue weighted by Crippen LogP contribution is 2.32. The van der Waals surface area contributed by atoms with E-state index < -0.39 is 0 Å². The molecular formula is C23H22N4O3. The number of rotatable bonds is 5. The van der Waals surface area contributed by atoms with Crippen LogP contribution in [0.2, 0.25) is 0 Å². The van der Waals surface area contributed by atoms with Gasteiger partial charge in [0.25, 0.3) is 5.56 Å². The van der Waals surface area contributed by atoms with Gasteiger partial charge >= 0.3 is 0 Å². The molecule has 1 aliphatic rings. The number of hydrogen-bond donors (Lipinski definition) is 1. The van der Waals surface area contributed by atoms with E-state index in [1.165, 1.54) is 5.56 Å². The lowest BCUT2D eigenvalue weighted by Crippen LogP contribution is -2.21. The normalized spacial score (nSPS) is 18.7. The molecule has 1 aliphatic heterocycles. The zero-order valence-corrected chi connectivity index (χ0v) is 16.6. The number of hydrogen-bond acceptors (Lipinski definition) is 5. The van der Waals surface area contributed by atoms with Crippen molar-refractivity contribution in [3.8, 4) is 17.1 Å². The van der Waals surface area contributed by atoms with Gasteiger partial charge in [0.15, 0.2) is 0 Å². The molecule has 2 atom stereocenters. The van der Waals surface area contributed by atoms with Crippen LogP contribution >= 0.6 is 0 Å². The summed E-state index contributed by atoms with van der Waals surface area (Å²) in [5, 5.41) is 0.898. The average Bonchev–Trinajstić information content (AvgIpc) is 3.43. The average molecular weight is 402 g/mol. The second kappa shape index (κ2) is 7.76. The fourth-order valence-corrected chi connectivity index (χ4v) is 4.18. The van der Waals surface area contributed by atoms with Crippen LogP contribution in [0.1, 0.15) is 11.6 Å². The first kappa shape index (κ1) is 18.6. The molecule has 0 spiro atoms. The summed E-state index contributed by atoms with van der Waals surface area (Å²) >= 11 is 0. The van der Waals surface area contributed by atoms with E-state index in [0.29, 0.717) is 30.5 Å². The van der Waals surface area contributed by atoms with E-state index in [-0.39, 0.29) is 11.6 Å². The lowest BCUT2D eigenvalue weighted by Gasteiger charge is -2.21. The minimum Gasteiger partial charge on any atom is -0.497 e. The summed E-state index contributed by atoms with van der Waals surface area (Å²) in [5.74, 6) is 1.68. The van der Waals surface area contributed by atoms with E-state index in [9.17, 15) is 4.79 Å². The van der Waals surface area contributed by atoms with Crippen molar-refractivity contribution in [2.24, 2.45) is 5.92 Å². The first-order chi connectivity index (χ1) is 14.7. The molecule has 0 unspecified atom stereocenters. The molecule has 152 valence electrons. The highest BCUT2D eigenvalue weighted by Gasteiger charge is 2.31. The molecule has 0 aliphatic carbocycles. The van der Waals surface area contributed by atoms with E-state index in [1.54, 1.807) is 13.3 Å². The molecule has 1 aromatic carbocycles. The number of nitrogens with zero attached hydrogens (tertiary/aromatic N) is 3. The number of methoxy groups -OCH3 is 1. The standard InChI is InChI=1S/C23H22N4O3/c1-29-18-2-3-20-16(11-18)12-19(23(28)26-20)22-25-8-9-27(22)21-14-30-13-17(21)10-15-4-6-24-7-5-15/h2-9,11-12,17,21H,10,13-14H2,1H3,(H,26,28)/t17-,21-/m1/s1. The smallest absolute Gasteiger partial charge is 0.259 e. The SMILES string of the molecule is COc1ccc2[nH]c(=O)c(-c3nccn3[C@@H]3COC[C@H]3Cc3ccncc3)cc2c1. The van der Waals surface area contributed by atoms with Gasteiger partial charge in [0.05, 0.1) is 31.9 Å². The molecule has 5 rings (SSSR count). The molecule has 0 bridgehead atoms. The highest BCUT2D eigenvalue weighted by molar-refractivity contribution is 5.83. The van der Waals surface area contributed by atoms with Crippen molar-refractivity contribution in [1.29, 1.82) is 0 Å². The Hall–Kier alpha value is -3.45. The summed E-state index contributed by atoms with van der Waals surface area (Å²) in [5.41, 5.74) is 2.37. The molecule has 1 fully saturated rings. The van der Waals surface area contributed by atoms with Crippen molar-refractivity contribution < 1.29 is 9.47 Å². The molecule has 1 N–H and O–H groups in total. The van der Waals surface area contributed by atoms with Crippen molar-refractivity contribution in [3.05, 3.63) is 77.1 Å². The van der Waals surface area contributed by atoms with Crippen molar-refractivity contribution in [1.82, 2.24) is 19.5 Å². The van der Waals surface area contributed by atoms with Gasteiger partial charge in [0.2, 0.25) is 0 Å². The Bertz CT molecular complexity index is 1230. The molecule has 0 radical (unpaired) electrons. The van der Waals surface area contributed by atoms with Gasteiger partial charge in [-0.1, -0.05) is 0 Å². The molecule has 3 aromatic heterocycles. The number of pyridine rings is 2. The van der Waals surface area contributed by atoms with Gasteiger partial charge in [-0.15, -0.1) is 0 Å². The van der Waals surface area contributed by atoms with Crippen LogP contribution in [0.4, 0.5) is 0 Å². The van der Waals surface area contributed by atoms with Gasteiger partial charge in [0, 0.05) is 41.6 Å². The van der Waals surface area contributed by atoms with Crippen molar-refractivity contribution in [2.45, 2.75) is 12.5 Å². The Morgan fingerprint density at radius 1 is 1.17 bits per heavy atom. The van der Waals surface area contributed by atoms with Crippen LogP contribution < -0.4 is 10.3 Å². The fourth-order valence-electron chi connectivity index (χ4n) is 4.18. The monoisotopic (exact) mass is 402 g/mol. The lowest BCUT2D eigenvalue weighted by molar-refractivity contribution is 0.181. The Kier molecular flexibility index (Phi) is 4.80. The molecule has 4 heterocycles. The minimum atomic E-state index is -0.162. The molecular weight excluding hydrogens is 380 g/mol. The van der Waals surface area contributed by atoms with Gasteiger partial charge in [0.1, 0.15) is 11.6 Å². The quantitative estimate of drug-likeness (QED) is 0.554. The minimum absolute atomic E-state index is 0.107. The maximum atomic E-state index is 12.8. The van der Waals surface area contributed by atoms with E-state index in [1.807, 2.05) is 55.0 Å². The number of fused-ring (bicyclic) bond motifs is 1. The first-order valence-electron chi connectivity index (χ1n) is 9.94. The summed E-state index contributed by atoms with van der Waals surface area (Å²) in [6.07, 6.45) is 8.18. The van der Waals surface area contributed by atoms with Crippen LogP contribution in [0.3, 0.4) is 0 Å². The van der Waals surface area contributed by atoms with Crippen LogP contribution in [-0.2, 0) is 11.2 Å². The van der Waals surface area contributed by atoms with Crippen LogP contribution in [0, 0.1) is 5.92 Å². The molecule has 30 heavy (non-hydrogen) atoms. The summed E-state index contributed by atoms with van der Waals surface area (Å²) in [6, 6.07) is 11.6. The van der Waals surface area contributed by atoms with Crippen molar-refractivity contribution >= 4 is 10.9 Å². The molecule has 0 amide bonds. The van der Waals surface area contributed by atoms with Gasteiger partial charge in [-0.05, 0) is 48.4 Å². The zero-order chi connectivity index (χ0) is 20.5. The van der Waals surface area contributed by atoms with Crippen molar-refractivity contribution in [3.63, 3.8) is 0 Å². The van der Waals surface area contributed by atoms with Gasteiger partial charge in [-0.2, -0.15) is 0 Å². The summed E-state index contributed by atoms with van der Waals surface area (Å²) < 4.78 is 13.2. The third-order valence-electron chi connectivity index (χ3n) is 5.73. The number of imidazole rings is 1. The molecule has 4 aromatic rings. The predicted molar refractivity (Wildman–Crippen MR) is 114 cm³/mol. The number of aromatic nitrogens is 4. The Labute approximate surface area is 173 Å². The Balaban J connectivity index is 1.53. The molecule has 1 saturated heterocycles. The first-order valence-corrected chi connectivity index (χ1v) is 9.94. The van der Waals surface area contributed by atoms with Gasteiger partial charge in [-0.25, -0.2) is 4.98 Å². The number of benzene rings is 1. The Morgan fingerprint density at radius 2 is 2.03 bits per heavy atom. The van der Waals surface area contributed by atoms with Gasteiger partial charge in [-0.3, -0.25) is 9.78 Å². The maximum absolute atomic E-state index is 12.8. The third kappa shape index (κ3) is 3.37. The van der Waals surface area contributed by atoms with Crippen LogP contribution in [0.15, 0.2) is 66.0 Å². The van der Waals surface area contributed by atoms with E-state index in [0.717, 1.165) is 23.1 Å². The number of ether oxygens (including phenoxy) is 2. The fraction of sp³-hybridized carbons (Fsp3) is 0.261. The van der Waals surface area contributed by atoms with Gasteiger partial charge < -0.3 is 19.0 Å². The molecule has 7 heteroatoms. The van der Waals surface area contributed by atoms with Crippen LogP contribution in [0.5, 0.6) is 5.75 Å². The zero-order valence-electron chi connectivity index (χ0n) is 16.6. The van der Waals surface area contributed by atoms with Crippen molar-refractivity contribution in [2.75, 3.05) is 20.3 Å². The largest absolute Gasteiger partial charge is 0.497 e. The van der Waals surface area contributed by atoms with E-state index in [2.05, 4.69) is 19.5 Å². The lowest BCUT2D eigenvalue weighted by atomic mass is 9.95. The third-order valence-corrected chi connectivity index (χ3v) is 5.73. The topological polar surface area (TPSA) is 82.0 Å². The summed E-state index contributed by atoms with van der Waals surface area (Å²) in [4.78, 5) is 24.4. The summed E-state index contributed by atoms with van der Waals surface area (Å²) in [7, 11) is 1.63. The predicted octanol–water partition coefficient (Wildman–Crippen LogP) is 3.23. The highest BCUT2D eigenvalue weighted by atomic mass is 16.5. The second-order valence-corrected chi connectivity index (χ2v) is 7.55. The number of nitrogens with one attached hydrogen (secondary N) is 1. The second-order valence-electron chi connectivity index (χ2n) is 7.55. The van der Waals surface area contributed by atoms with E-state index in [4.69, 9.17) is 9.47 Å². The Morgan fingerprint density at radius 3 is 2.87 bits per heavy atom. The van der Waals surface area contributed by atoms with Crippen LogP contribution in [0.25, 0.3) is 22.3 Å².